The Kier molecular flexibility index (Phi) is 1.80. The van der Waals surface area contributed by atoms with Gasteiger partial charge in [-0.25, -0.2) is 0 Å². The van der Waals surface area contributed by atoms with Gasteiger partial charge in [-0.15, -0.1) is 0 Å². The zero-order valence-electron chi connectivity index (χ0n) is 7.34. The lowest BCUT2D eigenvalue weighted by molar-refractivity contribution is 0.234. The van der Waals surface area contributed by atoms with Gasteiger partial charge in [0.05, 0.1) is 6.61 Å². The smallest absolute Gasteiger partial charge is 0.122 e. The highest BCUT2D eigenvalue weighted by molar-refractivity contribution is 5.39. The second kappa shape index (κ2) is 2.81. The van der Waals surface area contributed by atoms with Gasteiger partial charge in [-0.2, -0.15) is 0 Å². The summed E-state index contributed by atoms with van der Waals surface area (Å²) >= 11 is 0. The molecule has 0 amide bonds. The summed E-state index contributed by atoms with van der Waals surface area (Å²) in [6, 6.07) is 6.18. The summed E-state index contributed by atoms with van der Waals surface area (Å²) in [5.74, 6) is 1.67. The third-order valence-electron chi connectivity index (χ3n) is 2.22. The van der Waals surface area contributed by atoms with Crippen LogP contribution in [0.25, 0.3) is 0 Å². The molecular weight excluding hydrogens is 148 g/mol. The molecule has 0 fully saturated rings. The molecule has 0 saturated heterocycles. The molecule has 0 bridgehead atoms. The van der Waals surface area contributed by atoms with Crippen molar-refractivity contribution in [3.05, 3.63) is 36.2 Å². The first-order valence-electron chi connectivity index (χ1n) is 4.33. The highest BCUT2D eigenvalue weighted by Crippen LogP contribution is 2.27. The average Bonchev–Trinajstić information content (AvgIpc) is 2.05. The van der Waals surface area contributed by atoms with Crippen LogP contribution in [-0.4, -0.2) is 6.61 Å². The molecule has 1 nitrogen and oxygen atoms in total. The molecule has 1 aromatic carbocycles. The molecule has 2 rings (SSSR count). The summed E-state index contributed by atoms with van der Waals surface area (Å²) in [6.07, 6.45) is 1.13. The number of benzene rings is 1. The average molecular weight is 161 g/mol. The van der Waals surface area contributed by atoms with E-state index in [2.05, 4.69) is 19.9 Å². The van der Waals surface area contributed by atoms with Crippen LogP contribution in [-0.2, 0) is 6.42 Å². The maximum Gasteiger partial charge on any atom is 0.122 e. The largest absolute Gasteiger partial charge is 0.493 e. The van der Waals surface area contributed by atoms with Crippen molar-refractivity contribution in [1.29, 1.82) is 0 Å². The topological polar surface area (TPSA) is 9.23 Å². The number of rotatable bonds is 0. The second-order valence-electron chi connectivity index (χ2n) is 3.56. The van der Waals surface area contributed by atoms with E-state index in [1.807, 2.05) is 12.1 Å². The second-order valence-corrected chi connectivity index (χ2v) is 3.56. The van der Waals surface area contributed by atoms with Crippen molar-refractivity contribution in [2.75, 3.05) is 6.61 Å². The first-order chi connectivity index (χ1) is 5.75. The molecule has 0 aliphatic carbocycles. The zero-order chi connectivity index (χ0) is 8.55. The normalized spacial score (nSPS) is 21.3. The molecular formula is C11H13O. The molecule has 1 aromatic rings. The lowest BCUT2D eigenvalue weighted by atomic mass is 9.97. The first-order valence-corrected chi connectivity index (χ1v) is 4.33. The molecule has 1 heterocycles. The van der Waals surface area contributed by atoms with Gasteiger partial charge >= 0.3 is 0 Å². The summed E-state index contributed by atoms with van der Waals surface area (Å²) in [7, 11) is 0. The van der Waals surface area contributed by atoms with E-state index >= 15 is 0 Å². The van der Waals surface area contributed by atoms with Gasteiger partial charge in [-0.3, -0.25) is 0 Å². The van der Waals surface area contributed by atoms with Crippen LogP contribution in [0.1, 0.15) is 18.1 Å². The van der Waals surface area contributed by atoms with Crippen molar-refractivity contribution in [3.63, 3.8) is 0 Å². The van der Waals surface area contributed by atoms with Crippen molar-refractivity contribution in [1.82, 2.24) is 0 Å². The zero-order valence-corrected chi connectivity index (χ0v) is 7.34. The minimum Gasteiger partial charge on any atom is -0.493 e. The minimum atomic E-state index is 0.646. The first kappa shape index (κ1) is 7.66. The van der Waals surface area contributed by atoms with E-state index in [4.69, 9.17) is 4.74 Å². The standard InChI is InChI=1S/C11H13O/c1-8-3-4-10-5-9(2)7-12-11(10)6-8/h3-4,6,9H,1,5,7H2,2H3. The Hall–Kier alpha value is -0.980. The van der Waals surface area contributed by atoms with Crippen molar-refractivity contribution in [2.24, 2.45) is 5.92 Å². The van der Waals surface area contributed by atoms with Crippen molar-refractivity contribution in [2.45, 2.75) is 13.3 Å². The molecule has 1 unspecified atom stereocenters. The summed E-state index contributed by atoms with van der Waals surface area (Å²) in [5.41, 5.74) is 2.35. The van der Waals surface area contributed by atoms with Crippen LogP contribution in [0.5, 0.6) is 5.75 Å². The number of hydrogen-bond acceptors (Lipinski definition) is 1. The number of fused-ring (bicyclic) bond motifs is 1. The summed E-state index contributed by atoms with van der Waals surface area (Å²) in [6.45, 7) is 6.92. The molecule has 0 N–H and O–H groups in total. The fourth-order valence-corrected chi connectivity index (χ4v) is 1.57. The van der Waals surface area contributed by atoms with Gasteiger partial charge in [0.2, 0.25) is 0 Å². The van der Waals surface area contributed by atoms with E-state index in [9.17, 15) is 0 Å². The Bertz CT molecular complexity index is 291. The van der Waals surface area contributed by atoms with Gasteiger partial charge < -0.3 is 4.74 Å². The van der Waals surface area contributed by atoms with Crippen molar-refractivity contribution in [3.8, 4) is 5.75 Å². The van der Waals surface area contributed by atoms with E-state index in [1.54, 1.807) is 0 Å². The molecule has 1 heteroatoms. The fraction of sp³-hybridized carbons (Fsp3) is 0.364. The van der Waals surface area contributed by atoms with Crippen LogP contribution in [0.4, 0.5) is 0 Å². The Morgan fingerprint density at radius 1 is 1.50 bits per heavy atom. The number of hydrogen-bond donors (Lipinski definition) is 0. The third-order valence-corrected chi connectivity index (χ3v) is 2.22. The van der Waals surface area contributed by atoms with Gasteiger partial charge in [0.15, 0.2) is 0 Å². The molecule has 1 atom stereocenters. The quantitative estimate of drug-likeness (QED) is 0.568. The Labute approximate surface area is 73.4 Å². The minimum absolute atomic E-state index is 0.646. The van der Waals surface area contributed by atoms with Gasteiger partial charge in [0.25, 0.3) is 0 Å². The lowest BCUT2D eigenvalue weighted by Gasteiger charge is -2.22. The van der Waals surface area contributed by atoms with Crippen LogP contribution >= 0.6 is 0 Å². The Morgan fingerprint density at radius 2 is 2.33 bits per heavy atom. The molecule has 12 heavy (non-hydrogen) atoms. The number of ether oxygens (including phenoxy) is 1. The van der Waals surface area contributed by atoms with Crippen molar-refractivity contribution < 1.29 is 4.74 Å². The summed E-state index contributed by atoms with van der Waals surface area (Å²) in [4.78, 5) is 0. The molecule has 0 spiro atoms. The lowest BCUT2D eigenvalue weighted by Crippen LogP contribution is -2.17. The van der Waals surface area contributed by atoms with Crippen LogP contribution < -0.4 is 4.74 Å². The van der Waals surface area contributed by atoms with E-state index in [-0.39, 0.29) is 0 Å². The van der Waals surface area contributed by atoms with Gasteiger partial charge in [-0.1, -0.05) is 19.1 Å². The van der Waals surface area contributed by atoms with Crippen LogP contribution in [0.3, 0.4) is 0 Å². The van der Waals surface area contributed by atoms with E-state index in [0.29, 0.717) is 5.92 Å². The predicted octanol–water partition coefficient (Wildman–Crippen LogP) is 2.44. The molecule has 1 radical (unpaired) electrons. The summed E-state index contributed by atoms with van der Waals surface area (Å²) < 4.78 is 5.58. The molecule has 0 saturated carbocycles. The fourth-order valence-electron chi connectivity index (χ4n) is 1.57. The van der Waals surface area contributed by atoms with E-state index < -0.39 is 0 Å². The Balaban J connectivity index is 2.37. The van der Waals surface area contributed by atoms with Crippen LogP contribution in [0, 0.1) is 12.8 Å². The van der Waals surface area contributed by atoms with Gasteiger partial charge in [-0.05, 0) is 36.5 Å². The third kappa shape index (κ3) is 1.31. The molecule has 63 valence electrons. The van der Waals surface area contributed by atoms with Gasteiger partial charge in [0, 0.05) is 0 Å². The molecule has 1 aliphatic heterocycles. The maximum absolute atomic E-state index is 5.58. The molecule has 1 aliphatic rings. The van der Waals surface area contributed by atoms with Crippen molar-refractivity contribution >= 4 is 0 Å². The summed E-state index contributed by atoms with van der Waals surface area (Å²) in [5, 5.41) is 0. The SMILES string of the molecule is [CH2]c1ccc2c(c1)OCC(C)C2. The van der Waals surface area contributed by atoms with Crippen LogP contribution in [0.2, 0.25) is 0 Å². The highest BCUT2D eigenvalue weighted by Gasteiger charge is 2.15. The van der Waals surface area contributed by atoms with Crippen LogP contribution in [0.15, 0.2) is 18.2 Å². The van der Waals surface area contributed by atoms with E-state index in [1.165, 1.54) is 5.56 Å². The highest BCUT2D eigenvalue weighted by atomic mass is 16.5. The maximum atomic E-state index is 5.58. The Morgan fingerprint density at radius 3 is 3.17 bits per heavy atom. The van der Waals surface area contributed by atoms with Gasteiger partial charge in [0.1, 0.15) is 5.75 Å². The monoisotopic (exact) mass is 161 g/mol. The van der Waals surface area contributed by atoms with E-state index in [0.717, 1.165) is 24.3 Å². The predicted molar refractivity (Wildman–Crippen MR) is 49.3 cm³/mol. The molecule has 0 aromatic heterocycles.